The van der Waals surface area contributed by atoms with Crippen LogP contribution in [0.2, 0.25) is 0 Å². The van der Waals surface area contributed by atoms with Crippen LogP contribution in [0.1, 0.15) is 12.0 Å². The third-order valence-corrected chi connectivity index (χ3v) is 4.12. The van der Waals surface area contributed by atoms with E-state index in [9.17, 15) is 5.11 Å². The number of aliphatic hydroxyl groups excluding tert-OH is 1. The van der Waals surface area contributed by atoms with E-state index in [-0.39, 0.29) is 0 Å². The lowest BCUT2D eigenvalue weighted by atomic mass is 10.1. The summed E-state index contributed by atoms with van der Waals surface area (Å²) in [5.74, 6) is 2.36. The average Bonchev–Trinajstić information content (AvgIpc) is 2.69. The van der Waals surface area contributed by atoms with Crippen molar-refractivity contribution in [2.75, 3.05) is 4.90 Å². The van der Waals surface area contributed by atoms with Crippen LogP contribution in [0.3, 0.4) is 0 Å². The van der Waals surface area contributed by atoms with Crippen LogP contribution in [0.4, 0.5) is 17.1 Å². The van der Waals surface area contributed by atoms with Crippen LogP contribution in [0.25, 0.3) is 0 Å². The van der Waals surface area contributed by atoms with E-state index in [4.69, 9.17) is 6.42 Å². The van der Waals surface area contributed by atoms with Gasteiger partial charge < -0.3 is 10.0 Å². The molecule has 1 unspecified atom stereocenters. The Hall–Kier alpha value is -3.02. The second-order valence-electron chi connectivity index (χ2n) is 5.89. The van der Waals surface area contributed by atoms with E-state index in [0.717, 1.165) is 23.5 Å². The standard InChI is InChI=1S/C23H21NO/c1-2-23(25)18-15-19-13-16-22(17-14-19)24(20-9-5-3-6-10-20)21-11-7-4-8-12-21/h1,3-14,16-17,23,25H,15,18H2. The molecule has 3 rings (SSSR count). The second-order valence-corrected chi connectivity index (χ2v) is 5.89. The molecule has 0 radical (unpaired) electrons. The smallest absolute Gasteiger partial charge is 0.114 e. The van der Waals surface area contributed by atoms with Gasteiger partial charge in [0.15, 0.2) is 0 Å². The van der Waals surface area contributed by atoms with E-state index >= 15 is 0 Å². The maximum absolute atomic E-state index is 9.52. The minimum Gasteiger partial charge on any atom is -0.380 e. The molecule has 0 aromatic heterocycles. The van der Waals surface area contributed by atoms with Gasteiger partial charge in [-0.25, -0.2) is 0 Å². The van der Waals surface area contributed by atoms with Crippen LogP contribution in [0.15, 0.2) is 84.9 Å². The predicted molar refractivity (Wildman–Crippen MR) is 104 cm³/mol. The number of aryl methyl sites for hydroxylation is 1. The molecule has 0 bridgehead atoms. The molecule has 0 spiro atoms. The fraction of sp³-hybridized carbons (Fsp3) is 0.130. The third-order valence-electron chi connectivity index (χ3n) is 4.12. The molecule has 2 heteroatoms. The molecule has 0 aliphatic carbocycles. The van der Waals surface area contributed by atoms with Gasteiger partial charge in [-0.05, 0) is 54.8 Å². The van der Waals surface area contributed by atoms with Crippen LogP contribution in [-0.4, -0.2) is 11.2 Å². The van der Waals surface area contributed by atoms with Crippen molar-refractivity contribution in [1.82, 2.24) is 0 Å². The Labute approximate surface area is 149 Å². The maximum Gasteiger partial charge on any atom is 0.114 e. The highest BCUT2D eigenvalue weighted by Crippen LogP contribution is 2.34. The Kier molecular flexibility index (Phi) is 5.51. The summed E-state index contributed by atoms with van der Waals surface area (Å²) >= 11 is 0. The monoisotopic (exact) mass is 327 g/mol. The van der Waals surface area contributed by atoms with E-state index < -0.39 is 6.10 Å². The fourth-order valence-corrected chi connectivity index (χ4v) is 2.80. The Morgan fingerprint density at radius 3 is 1.72 bits per heavy atom. The van der Waals surface area contributed by atoms with Gasteiger partial charge in [-0.1, -0.05) is 54.5 Å². The van der Waals surface area contributed by atoms with Crippen LogP contribution in [0, 0.1) is 12.3 Å². The molecular formula is C23H21NO. The van der Waals surface area contributed by atoms with Gasteiger partial charge in [0.2, 0.25) is 0 Å². The number of benzene rings is 3. The zero-order valence-corrected chi connectivity index (χ0v) is 14.0. The van der Waals surface area contributed by atoms with Gasteiger partial charge in [-0.3, -0.25) is 0 Å². The average molecular weight is 327 g/mol. The van der Waals surface area contributed by atoms with E-state index in [1.54, 1.807) is 0 Å². The zero-order chi connectivity index (χ0) is 17.5. The number of aliphatic hydroxyl groups is 1. The number of hydrogen-bond donors (Lipinski definition) is 1. The highest BCUT2D eigenvalue weighted by molar-refractivity contribution is 5.76. The Morgan fingerprint density at radius 2 is 1.24 bits per heavy atom. The van der Waals surface area contributed by atoms with Gasteiger partial charge in [0.05, 0.1) is 0 Å². The molecule has 0 heterocycles. The fourth-order valence-electron chi connectivity index (χ4n) is 2.80. The maximum atomic E-state index is 9.52. The van der Waals surface area contributed by atoms with Crippen molar-refractivity contribution in [3.63, 3.8) is 0 Å². The zero-order valence-electron chi connectivity index (χ0n) is 14.0. The summed E-state index contributed by atoms with van der Waals surface area (Å²) in [6, 6.07) is 29.0. The minimum absolute atomic E-state index is 0.580. The number of hydrogen-bond acceptors (Lipinski definition) is 2. The molecule has 124 valence electrons. The molecule has 0 fully saturated rings. The Bertz CT molecular complexity index is 780. The summed E-state index contributed by atoms with van der Waals surface area (Å²) in [4.78, 5) is 2.22. The lowest BCUT2D eigenvalue weighted by molar-refractivity contribution is 0.222. The normalized spacial score (nSPS) is 11.5. The summed E-state index contributed by atoms with van der Waals surface area (Å²) < 4.78 is 0. The van der Waals surface area contributed by atoms with E-state index in [1.165, 1.54) is 5.56 Å². The molecule has 1 atom stereocenters. The van der Waals surface area contributed by atoms with Gasteiger partial charge in [0, 0.05) is 17.1 Å². The second kappa shape index (κ2) is 8.19. The first kappa shape index (κ1) is 16.8. The lowest BCUT2D eigenvalue weighted by Crippen LogP contribution is -2.09. The molecule has 0 amide bonds. The molecule has 3 aromatic rings. The van der Waals surface area contributed by atoms with Gasteiger partial charge in [-0.15, -0.1) is 6.42 Å². The van der Waals surface area contributed by atoms with E-state index in [2.05, 4.69) is 59.4 Å². The highest BCUT2D eigenvalue weighted by Gasteiger charge is 2.11. The molecule has 25 heavy (non-hydrogen) atoms. The van der Waals surface area contributed by atoms with Gasteiger partial charge in [0.1, 0.15) is 6.10 Å². The molecule has 1 N–H and O–H groups in total. The predicted octanol–water partition coefficient (Wildman–Crippen LogP) is 5.08. The van der Waals surface area contributed by atoms with Crippen molar-refractivity contribution in [1.29, 1.82) is 0 Å². The quantitative estimate of drug-likeness (QED) is 0.638. The van der Waals surface area contributed by atoms with Crippen molar-refractivity contribution in [2.45, 2.75) is 18.9 Å². The van der Waals surface area contributed by atoms with E-state index in [1.807, 2.05) is 36.4 Å². The van der Waals surface area contributed by atoms with Crippen molar-refractivity contribution < 1.29 is 5.11 Å². The first-order valence-corrected chi connectivity index (χ1v) is 8.41. The van der Waals surface area contributed by atoms with Crippen molar-refractivity contribution in [3.8, 4) is 12.3 Å². The number of terminal acetylenes is 1. The lowest BCUT2D eigenvalue weighted by Gasteiger charge is -2.25. The van der Waals surface area contributed by atoms with Crippen LogP contribution >= 0.6 is 0 Å². The topological polar surface area (TPSA) is 23.5 Å². The number of rotatable bonds is 6. The SMILES string of the molecule is C#CC(O)CCc1ccc(N(c2ccccc2)c2ccccc2)cc1. The largest absolute Gasteiger partial charge is 0.380 e. The summed E-state index contributed by atoms with van der Waals surface area (Å²) in [5.41, 5.74) is 4.49. The molecule has 0 aliphatic rings. The van der Waals surface area contributed by atoms with Gasteiger partial charge in [0.25, 0.3) is 0 Å². The molecule has 0 saturated carbocycles. The molecular weight excluding hydrogens is 306 g/mol. The van der Waals surface area contributed by atoms with Crippen molar-refractivity contribution in [3.05, 3.63) is 90.5 Å². The van der Waals surface area contributed by atoms with Crippen molar-refractivity contribution in [2.24, 2.45) is 0 Å². The summed E-state index contributed by atoms with van der Waals surface area (Å²) in [7, 11) is 0. The molecule has 0 aliphatic heterocycles. The Morgan fingerprint density at radius 1 is 0.760 bits per heavy atom. The summed E-state index contributed by atoms with van der Waals surface area (Å²) in [5, 5.41) is 9.52. The first-order chi connectivity index (χ1) is 12.3. The van der Waals surface area contributed by atoms with Crippen LogP contribution in [0.5, 0.6) is 0 Å². The summed E-state index contributed by atoms with van der Waals surface area (Å²) in [6.45, 7) is 0. The minimum atomic E-state index is -0.676. The number of para-hydroxylation sites is 2. The van der Waals surface area contributed by atoms with Crippen LogP contribution in [-0.2, 0) is 6.42 Å². The van der Waals surface area contributed by atoms with E-state index in [0.29, 0.717) is 6.42 Å². The van der Waals surface area contributed by atoms with Gasteiger partial charge >= 0.3 is 0 Å². The number of anilines is 3. The highest BCUT2D eigenvalue weighted by atomic mass is 16.3. The van der Waals surface area contributed by atoms with Crippen LogP contribution < -0.4 is 4.90 Å². The molecule has 0 saturated heterocycles. The third kappa shape index (κ3) is 4.29. The van der Waals surface area contributed by atoms with Crippen molar-refractivity contribution >= 4 is 17.1 Å². The first-order valence-electron chi connectivity index (χ1n) is 8.41. The number of nitrogens with zero attached hydrogens (tertiary/aromatic N) is 1. The molecule has 3 aromatic carbocycles. The van der Waals surface area contributed by atoms with Gasteiger partial charge in [-0.2, -0.15) is 0 Å². The Balaban J connectivity index is 1.88. The summed E-state index contributed by atoms with van der Waals surface area (Å²) in [6.07, 6.45) is 5.89. The molecule has 2 nitrogen and oxygen atoms in total.